The van der Waals surface area contributed by atoms with Crippen molar-refractivity contribution in [1.29, 1.82) is 0 Å². The first-order valence-electron chi connectivity index (χ1n) is 14.8. The number of hydrogen-bond acceptors (Lipinski definition) is 9. The van der Waals surface area contributed by atoms with Crippen molar-refractivity contribution >= 4 is 23.5 Å². The number of Topliss-reactive ketones (excluding diaryl/α,β-unsaturated/α-hetero) is 2. The molecule has 0 fully saturated rings. The lowest BCUT2D eigenvalue weighted by Gasteiger charge is -2.37. The number of hydrogen-bond donors (Lipinski definition) is 2. The van der Waals surface area contributed by atoms with Crippen LogP contribution in [0.1, 0.15) is 105 Å². The molecule has 2 aromatic rings. The second-order valence-corrected chi connectivity index (χ2v) is 11.1. The van der Waals surface area contributed by atoms with Gasteiger partial charge >= 0.3 is 11.9 Å². The third-order valence-corrected chi connectivity index (χ3v) is 7.34. The van der Waals surface area contributed by atoms with E-state index < -0.39 is 23.6 Å². The molecule has 0 saturated carbocycles. The van der Waals surface area contributed by atoms with Gasteiger partial charge in [0, 0.05) is 24.5 Å². The zero-order valence-corrected chi connectivity index (χ0v) is 25.6. The van der Waals surface area contributed by atoms with Crippen molar-refractivity contribution in [2.75, 3.05) is 13.2 Å². The van der Waals surface area contributed by atoms with Crippen molar-refractivity contribution < 1.29 is 48.3 Å². The van der Waals surface area contributed by atoms with Gasteiger partial charge in [0.1, 0.15) is 28.6 Å². The number of aromatic hydroxyl groups is 1. The number of phenolic OH excluding ortho intramolecular Hbond substituents is 1. The lowest BCUT2D eigenvalue weighted by molar-refractivity contribution is -0.163. The summed E-state index contributed by atoms with van der Waals surface area (Å²) in [7, 11) is 0. The van der Waals surface area contributed by atoms with E-state index in [0.29, 0.717) is 60.9 Å². The van der Waals surface area contributed by atoms with Crippen molar-refractivity contribution in [3.05, 3.63) is 46.5 Å². The van der Waals surface area contributed by atoms with Crippen molar-refractivity contribution in [2.45, 2.75) is 97.7 Å². The Morgan fingerprint density at radius 3 is 2.16 bits per heavy atom. The maximum Gasteiger partial charge on any atom is 0.345 e. The van der Waals surface area contributed by atoms with E-state index in [9.17, 15) is 29.4 Å². The van der Waals surface area contributed by atoms with Gasteiger partial charge in [0.25, 0.3) is 0 Å². The zero-order valence-electron chi connectivity index (χ0n) is 25.6. The van der Waals surface area contributed by atoms with Crippen LogP contribution in [0.2, 0.25) is 0 Å². The number of ketones is 2. The number of carbonyl (C=O) groups is 4. The molecular weight excluding hydrogens is 556 g/mol. The number of esters is 1. The first-order chi connectivity index (χ1) is 20.4. The minimum absolute atomic E-state index is 0.00253. The molecule has 2 aromatic carbocycles. The number of carbonyl (C=O) groups excluding carboxylic acids is 3. The van der Waals surface area contributed by atoms with Crippen molar-refractivity contribution in [2.24, 2.45) is 0 Å². The number of aliphatic carboxylic acids is 1. The Morgan fingerprint density at radius 2 is 1.58 bits per heavy atom. The minimum atomic E-state index is -1.32. The number of fused-ring (bicyclic) bond motifs is 1. The highest BCUT2D eigenvalue weighted by Gasteiger charge is 2.39. The molecule has 234 valence electrons. The Kier molecular flexibility index (Phi) is 11.6. The number of carboxylic acids is 1. The first-order valence-corrected chi connectivity index (χ1v) is 14.8. The van der Waals surface area contributed by atoms with Crippen LogP contribution in [-0.4, -0.2) is 58.6 Å². The van der Waals surface area contributed by atoms with Crippen LogP contribution in [0.5, 0.6) is 23.0 Å². The number of phenols is 1. The van der Waals surface area contributed by atoms with Gasteiger partial charge in [0.05, 0.1) is 30.8 Å². The molecule has 0 aliphatic carbocycles. The van der Waals surface area contributed by atoms with Crippen LogP contribution in [0.15, 0.2) is 24.3 Å². The summed E-state index contributed by atoms with van der Waals surface area (Å²) in [5.74, 6) is -0.717. The molecular formula is C33H42O10. The highest BCUT2D eigenvalue weighted by molar-refractivity contribution is 6.01. The molecule has 43 heavy (non-hydrogen) atoms. The van der Waals surface area contributed by atoms with Crippen LogP contribution in [-0.2, 0) is 27.2 Å². The summed E-state index contributed by atoms with van der Waals surface area (Å²) in [6.07, 6.45) is 2.21. The van der Waals surface area contributed by atoms with Gasteiger partial charge in [-0.15, -0.1) is 0 Å². The first kappa shape index (κ1) is 33.4. The summed E-state index contributed by atoms with van der Waals surface area (Å²) in [6.45, 7) is 8.97. The number of carboxylic acid groups (broad SMARTS) is 1. The monoisotopic (exact) mass is 598 g/mol. The fourth-order valence-electron chi connectivity index (χ4n) is 5.25. The third kappa shape index (κ3) is 8.49. The zero-order chi connectivity index (χ0) is 31.7. The molecule has 1 heterocycles. The van der Waals surface area contributed by atoms with E-state index in [-0.39, 0.29) is 42.1 Å². The van der Waals surface area contributed by atoms with Crippen LogP contribution in [0.25, 0.3) is 0 Å². The van der Waals surface area contributed by atoms with Crippen molar-refractivity contribution in [3.63, 3.8) is 0 Å². The number of benzene rings is 2. The Labute approximate surface area is 252 Å². The molecule has 0 radical (unpaired) electrons. The second kappa shape index (κ2) is 14.9. The predicted octanol–water partition coefficient (Wildman–Crippen LogP) is 5.87. The number of ether oxygens (including phenoxy) is 4. The van der Waals surface area contributed by atoms with E-state index in [2.05, 4.69) is 0 Å². The topological polar surface area (TPSA) is 146 Å². The van der Waals surface area contributed by atoms with Crippen LogP contribution < -0.4 is 14.2 Å². The molecule has 0 amide bonds. The third-order valence-electron chi connectivity index (χ3n) is 7.34. The molecule has 0 aromatic heterocycles. The van der Waals surface area contributed by atoms with Gasteiger partial charge in [-0.25, -0.2) is 4.79 Å². The molecule has 2 atom stereocenters. The Balaban J connectivity index is 1.70. The van der Waals surface area contributed by atoms with Gasteiger partial charge in [-0.1, -0.05) is 26.7 Å². The van der Waals surface area contributed by atoms with E-state index >= 15 is 0 Å². The van der Waals surface area contributed by atoms with Crippen LogP contribution in [0.3, 0.4) is 0 Å². The highest BCUT2D eigenvalue weighted by atomic mass is 16.6. The summed E-state index contributed by atoms with van der Waals surface area (Å²) in [6, 6.07) is 6.74. The lowest BCUT2D eigenvalue weighted by Crippen LogP contribution is -2.41. The summed E-state index contributed by atoms with van der Waals surface area (Å²) in [5.41, 5.74) is 1.14. The average molecular weight is 599 g/mol. The minimum Gasteiger partial charge on any atom is -0.507 e. The van der Waals surface area contributed by atoms with Gasteiger partial charge < -0.3 is 29.2 Å². The summed E-state index contributed by atoms with van der Waals surface area (Å²) < 4.78 is 23.4. The highest BCUT2D eigenvalue weighted by Crippen LogP contribution is 2.42. The average Bonchev–Trinajstić information content (AvgIpc) is 2.93. The van der Waals surface area contributed by atoms with Gasteiger partial charge in [-0.05, 0) is 63.8 Å². The molecule has 0 bridgehead atoms. The standard InChI is InChI=1S/C33H42O10/c1-6-9-24-27(13-11-22(20(3)34)30(24)37)40-17-8-18-41-28-14-12-23-26(36)19-33(5,43-31(23)25(28)10-7-2)16-15-29(32(38)39)42-21(4)35/h11-14,29,37H,6-10,15-19H2,1-5H3,(H,38,39). The maximum atomic E-state index is 13.1. The van der Waals surface area contributed by atoms with E-state index in [1.165, 1.54) is 6.92 Å². The fraction of sp³-hybridized carbons (Fsp3) is 0.515. The Bertz CT molecular complexity index is 1350. The quantitative estimate of drug-likeness (QED) is 0.137. The molecule has 1 aliphatic heterocycles. The van der Waals surface area contributed by atoms with Crippen LogP contribution >= 0.6 is 0 Å². The van der Waals surface area contributed by atoms with Crippen molar-refractivity contribution in [1.82, 2.24) is 0 Å². The normalized spacial score (nSPS) is 16.5. The number of rotatable bonds is 16. The van der Waals surface area contributed by atoms with Gasteiger partial charge in [-0.3, -0.25) is 14.4 Å². The smallest absolute Gasteiger partial charge is 0.345 e. The van der Waals surface area contributed by atoms with Gasteiger partial charge in [0.2, 0.25) is 0 Å². The summed E-state index contributed by atoms with van der Waals surface area (Å²) in [5, 5.41) is 20.0. The summed E-state index contributed by atoms with van der Waals surface area (Å²) in [4.78, 5) is 47.8. The molecule has 2 N–H and O–H groups in total. The van der Waals surface area contributed by atoms with E-state index in [4.69, 9.17) is 18.9 Å². The molecule has 10 nitrogen and oxygen atoms in total. The fourth-order valence-corrected chi connectivity index (χ4v) is 5.25. The van der Waals surface area contributed by atoms with Crippen molar-refractivity contribution in [3.8, 4) is 23.0 Å². The predicted molar refractivity (Wildman–Crippen MR) is 159 cm³/mol. The van der Waals surface area contributed by atoms with Gasteiger partial charge in [-0.2, -0.15) is 0 Å². The van der Waals surface area contributed by atoms with Crippen LogP contribution in [0, 0.1) is 0 Å². The Morgan fingerprint density at radius 1 is 0.977 bits per heavy atom. The Hall–Kier alpha value is -4.08. The largest absolute Gasteiger partial charge is 0.507 e. The molecule has 3 rings (SSSR count). The summed E-state index contributed by atoms with van der Waals surface area (Å²) >= 11 is 0. The second-order valence-electron chi connectivity index (χ2n) is 11.1. The van der Waals surface area contributed by atoms with Gasteiger partial charge in [0.15, 0.2) is 17.7 Å². The van der Waals surface area contributed by atoms with E-state index in [1.54, 1.807) is 31.2 Å². The molecule has 2 unspecified atom stereocenters. The van der Waals surface area contributed by atoms with Crippen LogP contribution in [0.4, 0.5) is 0 Å². The molecule has 0 saturated heterocycles. The van der Waals surface area contributed by atoms with E-state index in [0.717, 1.165) is 25.3 Å². The maximum absolute atomic E-state index is 13.1. The lowest BCUT2D eigenvalue weighted by atomic mass is 9.85. The molecule has 1 aliphatic rings. The van der Waals surface area contributed by atoms with E-state index in [1.807, 2.05) is 13.8 Å². The molecule has 0 spiro atoms. The SMILES string of the molecule is CCCc1c(OCCCOc2ccc3c(c2CCC)OC(C)(CCC(OC(C)=O)C(=O)O)CC3=O)ccc(C(C)=O)c1O. The molecule has 10 heteroatoms.